The Morgan fingerprint density at radius 3 is 1.29 bits per heavy atom. The van der Waals surface area contributed by atoms with Gasteiger partial charge in [0.25, 0.3) is 22.6 Å². The average Bonchev–Trinajstić information content (AvgIpc) is 1.75. The number of carboxylic acids is 1. The van der Waals surface area contributed by atoms with E-state index in [1.165, 1.54) is 67.8 Å². The second-order valence-corrected chi connectivity index (χ2v) is 37.1. The Balaban J connectivity index is 0.000000493. The van der Waals surface area contributed by atoms with Gasteiger partial charge in [0, 0.05) is 24.4 Å². The summed E-state index contributed by atoms with van der Waals surface area (Å²) in [5.41, 5.74) is 8.61. The molecule has 0 unspecified atom stereocenters. The maximum atomic E-state index is 13.0. The van der Waals surface area contributed by atoms with Gasteiger partial charge in [0.15, 0.2) is 0 Å². The molecule has 0 radical (unpaired) electrons. The number of esters is 6. The molecule has 0 aliphatic rings. The fourth-order valence-electron chi connectivity index (χ4n) is 9.69. The highest BCUT2D eigenvalue weighted by molar-refractivity contribution is 14.1. The topological polar surface area (TPSA) is 419 Å². The number of isocyanates is 1. The van der Waals surface area contributed by atoms with Crippen molar-refractivity contribution in [3.8, 4) is 0 Å². The molecule has 0 aliphatic carbocycles. The molecule has 7 aromatic heterocycles. The highest BCUT2D eigenvalue weighted by Crippen LogP contribution is 2.28. The van der Waals surface area contributed by atoms with Gasteiger partial charge in [0.2, 0.25) is 6.08 Å². The molecule has 0 saturated heterocycles. The molecule has 30 nitrogen and oxygen atoms in total. The van der Waals surface area contributed by atoms with Crippen molar-refractivity contribution in [2.24, 2.45) is 10.7 Å². The number of alkyl halides is 3. The van der Waals surface area contributed by atoms with E-state index in [1.807, 2.05) is 60.7 Å². The number of H-pyrrole nitrogens is 1. The smallest absolute Gasteiger partial charge is 0.341 e. The van der Waals surface area contributed by atoms with E-state index in [0.717, 1.165) is 35.5 Å². The first kappa shape index (κ1) is 108. The molecule has 0 aliphatic heterocycles. The molecule has 10 aromatic rings. The summed E-state index contributed by atoms with van der Waals surface area (Å²) in [7, 11) is 0. The largest absolute Gasteiger partial charge is 0.481 e. The maximum Gasteiger partial charge on any atom is 0.341 e. The van der Waals surface area contributed by atoms with Crippen molar-refractivity contribution in [1.82, 2.24) is 27.8 Å². The summed E-state index contributed by atoms with van der Waals surface area (Å²) in [6.07, 6.45) is 3.74. The number of aliphatic carboxylic acids is 1. The summed E-state index contributed by atoms with van der Waals surface area (Å²) in [6.45, 7) is 28.8. The standard InChI is InChI=1S/C20H21BrN2O4S.C20H22N2O4S.C12H14N2O4S.C8H9I.C7H11NO3.C7H9NO2S.C6H13NO2.C2H4O2.CH2Cl2/c1-20(2,3)27-16(24)12-23-17(25)14-11-15(21)28-18(14)22(19(23)26)10-9-13-7-5-4-6-8-13;1-20(2,3)26-16(23)13-22-17(24)15-10-12-27-18(15)21(19(22)25)11-9-14-7-5-4-6-8-14;1-12(2,3)18-8(15)6-14-10(16)7-4-5-19-9(7)13-11(14)17;9-7-6-8-4-2-1-3-5-8;1-7(2,3)11-6(10)4-8-5-9;1-2-10-7(9)5-3-4-11-6(5)8;1-6(2,3)9-5(8)4-7;1-2(3)4;2-1-3/h4-8,11H,9-10,12H2,1-3H3;4-8,10,12H,9,11,13H2,1-3H3;4-5H,6H2,1-3H3,(H,13,17);1-5H,6-7H2;4H2,1-3H3;3-4H,2,8H2,1H3;4,7H2,1-3H3;1H3,(H,3,4);1H2. The molecular formula is C83H105BrCl2IN9O21S4. The monoisotopic (exact) mass is 1970 g/mol. The molecule has 0 bridgehead atoms. The molecule has 0 atom stereocenters. The zero-order chi connectivity index (χ0) is 91.8. The van der Waals surface area contributed by atoms with Gasteiger partial charge in [-0.2, -0.15) is 4.99 Å². The van der Waals surface area contributed by atoms with Crippen LogP contribution >= 0.6 is 107 Å². The van der Waals surface area contributed by atoms with Crippen LogP contribution in [0.1, 0.15) is 145 Å². The number of ether oxygens (including phenoxy) is 6. The zero-order valence-corrected chi connectivity index (χ0v) is 79.0. The summed E-state index contributed by atoms with van der Waals surface area (Å²) in [5.74, 6) is -3.88. The van der Waals surface area contributed by atoms with Crippen LogP contribution < -0.4 is 45.2 Å². The number of hydrogen-bond acceptors (Lipinski definition) is 27. The van der Waals surface area contributed by atoms with Gasteiger partial charge in [0.1, 0.15) is 73.7 Å². The highest BCUT2D eigenvalue weighted by Gasteiger charge is 2.25. The van der Waals surface area contributed by atoms with E-state index in [1.54, 1.807) is 160 Å². The number of anilines is 1. The lowest BCUT2D eigenvalue weighted by Crippen LogP contribution is -2.42. The molecule has 121 heavy (non-hydrogen) atoms. The molecule has 0 saturated carbocycles. The molecule has 3 aromatic carbocycles. The van der Waals surface area contributed by atoms with Gasteiger partial charge in [-0.05, 0) is 203 Å². The van der Waals surface area contributed by atoms with Gasteiger partial charge in [0.05, 0.1) is 44.0 Å². The first-order valence-corrected chi connectivity index (χ1v) is 43.9. The Morgan fingerprint density at radius 1 is 0.529 bits per heavy atom. The number of halogens is 4. The number of nitrogens with one attached hydrogen (secondary N) is 1. The van der Waals surface area contributed by atoms with Crippen molar-refractivity contribution in [1.29, 1.82) is 0 Å². The predicted molar refractivity (Wildman–Crippen MR) is 490 cm³/mol. The van der Waals surface area contributed by atoms with E-state index in [0.29, 0.717) is 73.8 Å². The SMILES string of the molecule is CC(=O)O.CC(C)(C)OC(=O)CN.CC(C)(C)OC(=O)CN=C=O.CC(C)(C)OC(=O)Cn1c(=O)[nH]c2sccc2c1=O.CC(C)(C)OC(=O)Cn1c(=O)c2cc(Br)sc2n(CCc2ccccc2)c1=O.CC(C)(C)OC(=O)Cn1c(=O)c2ccsc2n(CCc2ccccc2)c1=O.CCOC(=O)c1ccsc1N.ClCCl.ICCc1ccccc1. The number of thiophene rings is 4. The first-order valence-electron chi connectivity index (χ1n) is 37.1. The zero-order valence-electron chi connectivity index (χ0n) is 70.5. The number of carbonyl (C=O) groups is 7. The van der Waals surface area contributed by atoms with E-state index in [9.17, 15) is 62.3 Å². The summed E-state index contributed by atoms with van der Waals surface area (Å²) in [6, 6.07) is 36.8. The fourth-order valence-corrected chi connectivity index (χ4v) is 14.2. The normalized spacial score (nSPS) is 10.8. The maximum absolute atomic E-state index is 13.0. The number of fused-ring (bicyclic) bond motifs is 3. The van der Waals surface area contributed by atoms with Crippen molar-refractivity contribution < 1.29 is 71.9 Å². The summed E-state index contributed by atoms with van der Waals surface area (Å²) >= 11 is 20.6. The third-order valence-electron chi connectivity index (χ3n) is 14.1. The van der Waals surface area contributed by atoms with Gasteiger partial charge < -0.3 is 45.0 Å². The number of aromatic amines is 1. The third-order valence-corrected chi connectivity index (χ3v) is 18.8. The van der Waals surface area contributed by atoms with E-state index < -0.39 is 111 Å². The van der Waals surface area contributed by atoms with E-state index >= 15 is 0 Å². The van der Waals surface area contributed by atoms with E-state index in [4.69, 9.17) is 73.0 Å². The Morgan fingerprint density at radius 2 is 0.901 bits per heavy atom. The second kappa shape index (κ2) is 52.7. The highest BCUT2D eigenvalue weighted by atomic mass is 127. The van der Waals surface area contributed by atoms with Crippen LogP contribution in [0.4, 0.5) is 5.00 Å². The number of benzene rings is 3. The molecule has 7 heterocycles. The number of hydrogen-bond donors (Lipinski definition) is 4. The van der Waals surface area contributed by atoms with Crippen LogP contribution in [0.5, 0.6) is 0 Å². The van der Waals surface area contributed by atoms with E-state index in [-0.39, 0.29) is 30.4 Å². The van der Waals surface area contributed by atoms with Crippen molar-refractivity contribution in [2.75, 3.05) is 35.2 Å². The lowest BCUT2D eigenvalue weighted by molar-refractivity contribution is -0.156. The minimum absolute atomic E-state index is 0.0444. The summed E-state index contributed by atoms with van der Waals surface area (Å²) in [4.78, 5) is 170. The summed E-state index contributed by atoms with van der Waals surface area (Å²) < 4.78 is 37.9. The van der Waals surface area contributed by atoms with Crippen molar-refractivity contribution >= 4 is 191 Å². The molecule has 0 fully saturated rings. The minimum Gasteiger partial charge on any atom is -0.481 e. The first-order chi connectivity index (χ1) is 56.4. The Labute approximate surface area is 748 Å². The van der Waals surface area contributed by atoms with E-state index in [2.05, 4.69) is 78.8 Å². The van der Waals surface area contributed by atoms with Crippen LogP contribution in [0, 0.1) is 0 Å². The number of nitrogens with two attached hydrogens (primary N) is 2. The van der Waals surface area contributed by atoms with Crippen LogP contribution in [0.3, 0.4) is 0 Å². The van der Waals surface area contributed by atoms with Crippen LogP contribution in [0.2, 0.25) is 0 Å². The van der Waals surface area contributed by atoms with Crippen molar-refractivity contribution in [3.05, 3.63) is 220 Å². The Hall–Kier alpha value is -9.50. The van der Waals surface area contributed by atoms with Crippen LogP contribution in [-0.4, -0.2) is 138 Å². The molecule has 0 spiro atoms. The number of rotatable bonds is 19. The van der Waals surface area contributed by atoms with Gasteiger partial charge >= 0.3 is 52.9 Å². The molecular weight excluding hydrogens is 1860 g/mol. The van der Waals surface area contributed by atoms with Gasteiger partial charge in [-0.3, -0.25) is 52.5 Å². The molecule has 660 valence electrons. The van der Waals surface area contributed by atoms with Gasteiger partial charge in [-0.25, -0.2) is 42.5 Å². The second-order valence-electron chi connectivity index (χ2n) is 30.0. The number of aryl methyl sites for hydroxylation is 5. The third kappa shape index (κ3) is 42.2. The Bertz CT molecular complexity index is 5420. The average molecular weight is 1970 g/mol. The molecule has 10 rings (SSSR count). The minimum atomic E-state index is -0.833. The number of nitrogens with zero attached hydrogens (tertiary/aromatic N) is 6. The quantitative estimate of drug-likeness (QED) is 0.0146. The molecule has 0 amide bonds. The lowest BCUT2D eigenvalue weighted by atomic mass is 10.1. The lowest BCUT2D eigenvalue weighted by Gasteiger charge is -2.20. The van der Waals surface area contributed by atoms with Gasteiger partial charge in [-0.1, -0.05) is 114 Å². The van der Waals surface area contributed by atoms with Crippen LogP contribution in [-0.2, 0) is 114 Å². The number of carboxylic acid groups (broad SMARTS) is 1. The van der Waals surface area contributed by atoms with Crippen molar-refractivity contribution in [3.63, 3.8) is 0 Å². The van der Waals surface area contributed by atoms with Crippen LogP contribution in [0.25, 0.3) is 30.6 Å². The van der Waals surface area contributed by atoms with Gasteiger partial charge in [-0.15, -0.1) is 68.5 Å². The molecule has 6 N–H and O–H groups in total. The number of aromatic nitrogens is 6. The summed E-state index contributed by atoms with van der Waals surface area (Å²) in [5, 5.41) is 14.6. The number of aliphatic imine (C=N–C) groups is 1. The molecule has 38 heteroatoms. The van der Waals surface area contributed by atoms with Crippen molar-refractivity contribution in [2.45, 2.75) is 198 Å². The number of carbonyl (C=O) groups excluding carboxylic acids is 7. The fraction of sp³-hybridized carbons (Fsp3) is 0.422. The van der Waals surface area contributed by atoms with Crippen LogP contribution in [0.15, 0.2) is 169 Å². The number of nitrogen functional groups attached to an aromatic ring is 1. The Kier molecular flexibility index (Phi) is 46.9. The predicted octanol–water partition coefficient (Wildman–Crippen LogP) is 14.1.